The summed E-state index contributed by atoms with van der Waals surface area (Å²) in [6.07, 6.45) is 0.108. The summed E-state index contributed by atoms with van der Waals surface area (Å²) in [6.45, 7) is 5.46. The van der Waals surface area contributed by atoms with Crippen LogP contribution in [0.4, 0.5) is 4.79 Å². The molecule has 134 valence electrons. The molecule has 1 unspecified atom stereocenters. The van der Waals surface area contributed by atoms with Crippen LogP contribution in [-0.2, 0) is 22.0 Å². The van der Waals surface area contributed by atoms with Gasteiger partial charge in [0.15, 0.2) is 0 Å². The zero-order valence-electron chi connectivity index (χ0n) is 14.9. The van der Waals surface area contributed by atoms with Crippen LogP contribution in [-0.4, -0.2) is 27.7 Å². The van der Waals surface area contributed by atoms with Gasteiger partial charge in [-0.1, -0.05) is 48.5 Å². The maximum Gasteiger partial charge on any atom is 0.407 e. The number of hydrogen-bond acceptors (Lipinski definition) is 3. The highest BCUT2D eigenvalue weighted by molar-refractivity contribution is 7.85. The van der Waals surface area contributed by atoms with Crippen molar-refractivity contribution in [3.8, 4) is 0 Å². The molecule has 0 aliphatic carbocycles. The van der Waals surface area contributed by atoms with Gasteiger partial charge in [-0.25, -0.2) is 4.79 Å². The molecule has 0 aliphatic rings. The standard InChI is InChI=1S/C20H25NO3S/c1-20(2,3)24-19(22)21-17(14-16-10-6-4-7-11-16)15-25(23)18-12-8-5-9-13-18/h4-13,17H,14-15H2,1-3H3,(H,21,22)/t17-,25?/m0/s1. The molecule has 0 heterocycles. The van der Waals surface area contributed by atoms with Gasteiger partial charge in [0.25, 0.3) is 0 Å². The quantitative estimate of drug-likeness (QED) is 0.850. The fourth-order valence-electron chi connectivity index (χ4n) is 2.38. The van der Waals surface area contributed by atoms with Crippen LogP contribution in [0.2, 0.25) is 0 Å². The van der Waals surface area contributed by atoms with Gasteiger partial charge in [-0.3, -0.25) is 4.21 Å². The minimum absolute atomic E-state index is 0.279. The van der Waals surface area contributed by atoms with Crippen molar-refractivity contribution in [2.24, 2.45) is 0 Å². The first-order chi connectivity index (χ1) is 11.8. The van der Waals surface area contributed by atoms with Gasteiger partial charge in [-0.15, -0.1) is 0 Å². The molecule has 0 radical (unpaired) electrons. The SMILES string of the molecule is CC(C)(C)OC(=O)N[C@@H](Cc1ccccc1)CS(=O)c1ccccc1. The summed E-state index contributed by atoms with van der Waals surface area (Å²) in [5.41, 5.74) is 0.508. The van der Waals surface area contributed by atoms with Crippen LogP contribution in [0.5, 0.6) is 0 Å². The van der Waals surface area contributed by atoms with Gasteiger partial charge in [0.1, 0.15) is 5.60 Å². The third-order valence-corrected chi connectivity index (χ3v) is 4.91. The molecule has 1 amide bonds. The van der Waals surface area contributed by atoms with E-state index >= 15 is 0 Å². The van der Waals surface area contributed by atoms with Crippen molar-refractivity contribution in [3.63, 3.8) is 0 Å². The Morgan fingerprint density at radius 1 is 1.04 bits per heavy atom. The van der Waals surface area contributed by atoms with Crippen LogP contribution in [0.1, 0.15) is 26.3 Å². The number of rotatable bonds is 6. The molecule has 1 N–H and O–H groups in total. The molecular formula is C20H25NO3S. The minimum Gasteiger partial charge on any atom is -0.444 e. The second-order valence-electron chi connectivity index (χ2n) is 6.86. The lowest BCUT2D eigenvalue weighted by molar-refractivity contribution is 0.0509. The van der Waals surface area contributed by atoms with Crippen molar-refractivity contribution in [1.29, 1.82) is 0 Å². The molecular weight excluding hydrogens is 334 g/mol. The van der Waals surface area contributed by atoms with E-state index in [4.69, 9.17) is 4.74 Å². The van der Waals surface area contributed by atoms with Crippen LogP contribution in [0, 0.1) is 0 Å². The molecule has 0 aliphatic heterocycles. The summed E-state index contributed by atoms with van der Waals surface area (Å²) in [6, 6.07) is 18.8. The van der Waals surface area contributed by atoms with E-state index in [1.807, 2.05) is 81.4 Å². The molecule has 4 nitrogen and oxygen atoms in total. The Bertz CT molecular complexity index is 696. The van der Waals surface area contributed by atoms with Gasteiger partial charge in [0.2, 0.25) is 0 Å². The van der Waals surface area contributed by atoms with E-state index < -0.39 is 22.5 Å². The van der Waals surface area contributed by atoms with Gasteiger partial charge in [0.05, 0.1) is 10.8 Å². The van der Waals surface area contributed by atoms with Crippen LogP contribution < -0.4 is 5.32 Å². The summed E-state index contributed by atoms with van der Waals surface area (Å²) in [5, 5.41) is 2.87. The monoisotopic (exact) mass is 359 g/mol. The van der Waals surface area contributed by atoms with E-state index in [9.17, 15) is 9.00 Å². The topological polar surface area (TPSA) is 55.4 Å². The lowest BCUT2D eigenvalue weighted by Crippen LogP contribution is -2.43. The van der Waals surface area contributed by atoms with Crippen molar-refractivity contribution in [2.75, 3.05) is 5.75 Å². The van der Waals surface area contributed by atoms with E-state index in [0.717, 1.165) is 10.5 Å². The van der Waals surface area contributed by atoms with Gasteiger partial charge >= 0.3 is 6.09 Å². The van der Waals surface area contributed by atoms with E-state index in [2.05, 4.69) is 5.32 Å². The maximum absolute atomic E-state index is 12.6. The molecule has 2 aromatic carbocycles. The van der Waals surface area contributed by atoms with Crippen molar-refractivity contribution in [2.45, 2.75) is 43.7 Å². The van der Waals surface area contributed by atoms with Crippen LogP contribution in [0.15, 0.2) is 65.6 Å². The smallest absolute Gasteiger partial charge is 0.407 e. The third-order valence-electron chi connectivity index (χ3n) is 3.40. The summed E-state index contributed by atoms with van der Waals surface area (Å²) < 4.78 is 18.0. The summed E-state index contributed by atoms with van der Waals surface area (Å²) in [5.74, 6) is 0.331. The predicted molar refractivity (Wildman–Crippen MR) is 101 cm³/mol. The van der Waals surface area contributed by atoms with Gasteiger partial charge in [-0.2, -0.15) is 0 Å². The highest BCUT2D eigenvalue weighted by atomic mass is 32.2. The van der Waals surface area contributed by atoms with Gasteiger partial charge in [-0.05, 0) is 44.9 Å². The fraction of sp³-hybridized carbons (Fsp3) is 0.350. The maximum atomic E-state index is 12.6. The molecule has 0 bridgehead atoms. The summed E-state index contributed by atoms with van der Waals surface area (Å²) in [4.78, 5) is 12.9. The molecule has 5 heteroatoms. The van der Waals surface area contributed by atoms with E-state index in [1.165, 1.54) is 0 Å². The number of benzene rings is 2. The summed E-state index contributed by atoms with van der Waals surface area (Å²) in [7, 11) is -1.20. The van der Waals surface area contributed by atoms with Crippen LogP contribution >= 0.6 is 0 Å². The first-order valence-electron chi connectivity index (χ1n) is 8.30. The fourth-order valence-corrected chi connectivity index (χ4v) is 3.60. The van der Waals surface area contributed by atoms with Crippen molar-refractivity contribution < 1.29 is 13.7 Å². The average Bonchev–Trinajstić information content (AvgIpc) is 2.54. The molecule has 0 saturated carbocycles. The number of ether oxygens (including phenoxy) is 1. The van der Waals surface area contributed by atoms with Gasteiger partial charge in [0, 0.05) is 16.7 Å². The molecule has 0 aromatic heterocycles. The Kier molecular flexibility index (Phi) is 6.76. The molecule has 2 rings (SSSR count). The largest absolute Gasteiger partial charge is 0.444 e. The van der Waals surface area contributed by atoms with E-state index in [0.29, 0.717) is 12.2 Å². The number of alkyl carbamates (subject to hydrolysis) is 1. The predicted octanol–water partition coefficient (Wildman–Crippen LogP) is 3.93. The van der Waals surface area contributed by atoms with Crippen molar-refractivity contribution in [3.05, 3.63) is 66.2 Å². The number of nitrogens with one attached hydrogen (secondary N) is 1. The Balaban J connectivity index is 2.08. The molecule has 0 saturated heterocycles. The minimum atomic E-state index is -1.20. The Morgan fingerprint density at radius 2 is 1.60 bits per heavy atom. The molecule has 25 heavy (non-hydrogen) atoms. The number of amides is 1. The normalized spacial score (nSPS) is 13.7. The molecule has 0 spiro atoms. The molecule has 2 atom stereocenters. The Hall–Kier alpha value is -2.14. The van der Waals surface area contributed by atoms with Gasteiger partial charge < -0.3 is 10.1 Å². The first-order valence-corrected chi connectivity index (χ1v) is 9.62. The third kappa shape index (κ3) is 7.10. The highest BCUT2D eigenvalue weighted by Gasteiger charge is 2.21. The van der Waals surface area contributed by atoms with E-state index in [-0.39, 0.29) is 6.04 Å². The average molecular weight is 359 g/mol. The van der Waals surface area contributed by atoms with Crippen LogP contribution in [0.25, 0.3) is 0 Å². The molecule has 0 fully saturated rings. The highest BCUT2D eigenvalue weighted by Crippen LogP contribution is 2.12. The lowest BCUT2D eigenvalue weighted by Gasteiger charge is -2.23. The van der Waals surface area contributed by atoms with Crippen LogP contribution in [0.3, 0.4) is 0 Å². The second kappa shape index (κ2) is 8.81. The summed E-state index contributed by atoms with van der Waals surface area (Å²) >= 11 is 0. The first kappa shape index (κ1) is 19.2. The Labute approximate surface area is 152 Å². The zero-order chi connectivity index (χ0) is 18.3. The van der Waals surface area contributed by atoms with E-state index in [1.54, 1.807) is 0 Å². The zero-order valence-corrected chi connectivity index (χ0v) is 15.7. The molecule has 2 aromatic rings. The number of hydrogen-bond donors (Lipinski definition) is 1. The Morgan fingerprint density at radius 3 is 2.16 bits per heavy atom. The van der Waals surface area contributed by atoms with Crippen molar-refractivity contribution >= 4 is 16.9 Å². The number of carbonyl (C=O) groups excluding carboxylic acids is 1. The number of carbonyl (C=O) groups is 1. The second-order valence-corrected chi connectivity index (χ2v) is 8.35. The lowest BCUT2D eigenvalue weighted by atomic mass is 10.1. The van der Waals surface area contributed by atoms with Crippen molar-refractivity contribution in [1.82, 2.24) is 5.32 Å².